The lowest BCUT2D eigenvalue weighted by molar-refractivity contribution is -0.385. The Kier molecular flexibility index (Phi) is 5.83. The van der Waals surface area contributed by atoms with Gasteiger partial charge in [-0.15, -0.1) is 0 Å². The number of hydrogen-bond donors (Lipinski definition) is 2. The zero-order valence-electron chi connectivity index (χ0n) is 12.0. The molecule has 0 aromatic heterocycles. The summed E-state index contributed by atoms with van der Waals surface area (Å²) in [5, 5.41) is 22.2. The molecule has 0 fully saturated rings. The lowest BCUT2D eigenvalue weighted by Crippen LogP contribution is -2.29. The lowest BCUT2D eigenvalue weighted by Gasteiger charge is -2.10. The van der Waals surface area contributed by atoms with E-state index in [2.05, 4.69) is 5.32 Å². The van der Waals surface area contributed by atoms with Gasteiger partial charge >= 0.3 is 5.97 Å². The molecule has 1 atom stereocenters. The number of carbonyl (C=O) groups is 2. The number of rotatable bonds is 7. The molecule has 21 heavy (non-hydrogen) atoms. The molecule has 7 heteroatoms. The van der Waals surface area contributed by atoms with Gasteiger partial charge in [0.15, 0.2) is 0 Å². The summed E-state index contributed by atoms with van der Waals surface area (Å²) in [4.78, 5) is 32.9. The molecule has 0 heterocycles. The Labute approximate surface area is 122 Å². The molecule has 1 rings (SSSR count). The molecule has 7 nitrogen and oxygen atoms in total. The molecule has 0 spiro atoms. The van der Waals surface area contributed by atoms with Crippen LogP contribution in [0.1, 0.15) is 36.2 Å². The monoisotopic (exact) mass is 294 g/mol. The number of nitrogens with zero attached hydrogens (tertiary/aromatic N) is 1. The number of carboxylic acid groups (broad SMARTS) is 1. The Morgan fingerprint density at radius 2 is 2.10 bits per heavy atom. The van der Waals surface area contributed by atoms with Gasteiger partial charge in [-0.3, -0.25) is 19.7 Å². The predicted molar refractivity (Wildman–Crippen MR) is 76.2 cm³/mol. The minimum absolute atomic E-state index is 0.0464. The van der Waals surface area contributed by atoms with E-state index in [0.717, 1.165) is 0 Å². The molecule has 0 aliphatic rings. The van der Waals surface area contributed by atoms with Crippen molar-refractivity contribution in [2.75, 3.05) is 6.54 Å². The molecule has 0 bridgehead atoms. The molecule has 1 amide bonds. The standard InChI is InChI=1S/C14H18N2O5/c1-3-10-4-5-11(7-12(10)16(20)21)14(19)15-8-9(2)6-13(17)18/h4-5,7,9H,3,6,8H2,1-2H3,(H,15,19)(H,17,18). The van der Waals surface area contributed by atoms with Crippen LogP contribution in [0.4, 0.5) is 5.69 Å². The lowest BCUT2D eigenvalue weighted by atomic mass is 10.1. The molecule has 0 radical (unpaired) electrons. The Bertz CT molecular complexity index is 556. The third-order valence-electron chi connectivity index (χ3n) is 3.06. The van der Waals surface area contributed by atoms with E-state index < -0.39 is 16.8 Å². The van der Waals surface area contributed by atoms with E-state index in [0.29, 0.717) is 12.0 Å². The summed E-state index contributed by atoms with van der Waals surface area (Å²) in [7, 11) is 0. The first-order chi connectivity index (χ1) is 9.85. The fraction of sp³-hybridized carbons (Fsp3) is 0.429. The normalized spacial score (nSPS) is 11.7. The summed E-state index contributed by atoms with van der Waals surface area (Å²) in [6.07, 6.45) is 0.461. The predicted octanol–water partition coefficient (Wildman–Crippen LogP) is 2.00. The zero-order chi connectivity index (χ0) is 16.0. The maximum absolute atomic E-state index is 11.9. The van der Waals surface area contributed by atoms with Gasteiger partial charge in [0.05, 0.1) is 4.92 Å². The third kappa shape index (κ3) is 4.87. The summed E-state index contributed by atoms with van der Waals surface area (Å²) in [6.45, 7) is 3.71. The van der Waals surface area contributed by atoms with Crippen molar-refractivity contribution in [1.29, 1.82) is 0 Å². The molecular weight excluding hydrogens is 276 g/mol. The molecule has 0 aliphatic heterocycles. The Hall–Kier alpha value is -2.44. The second-order valence-electron chi connectivity index (χ2n) is 4.87. The van der Waals surface area contributed by atoms with Gasteiger partial charge in [0.25, 0.3) is 11.6 Å². The second-order valence-corrected chi connectivity index (χ2v) is 4.87. The molecule has 0 saturated carbocycles. The number of carbonyl (C=O) groups excluding carboxylic acids is 1. The molecule has 1 aromatic rings. The number of nitro groups is 1. The number of amides is 1. The smallest absolute Gasteiger partial charge is 0.303 e. The van der Waals surface area contributed by atoms with Gasteiger partial charge in [-0.2, -0.15) is 0 Å². The van der Waals surface area contributed by atoms with Crippen molar-refractivity contribution >= 4 is 17.6 Å². The first-order valence-electron chi connectivity index (χ1n) is 6.62. The zero-order valence-corrected chi connectivity index (χ0v) is 12.0. The highest BCUT2D eigenvalue weighted by Gasteiger charge is 2.17. The van der Waals surface area contributed by atoms with Crippen LogP contribution in [0.15, 0.2) is 18.2 Å². The van der Waals surface area contributed by atoms with Gasteiger partial charge in [-0.05, 0) is 18.4 Å². The van der Waals surface area contributed by atoms with Gasteiger partial charge in [0, 0.05) is 30.2 Å². The number of hydrogen-bond acceptors (Lipinski definition) is 4. The van der Waals surface area contributed by atoms with Crippen LogP contribution in [-0.2, 0) is 11.2 Å². The van der Waals surface area contributed by atoms with Crippen molar-refractivity contribution in [3.05, 3.63) is 39.4 Å². The maximum atomic E-state index is 11.9. The third-order valence-corrected chi connectivity index (χ3v) is 3.06. The average Bonchev–Trinajstić information content (AvgIpc) is 2.43. The van der Waals surface area contributed by atoms with Crippen LogP contribution >= 0.6 is 0 Å². The maximum Gasteiger partial charge on any atom is 0.303 e. The van der Waals surface area contributed by atoms with Crippen molar-refractivity contribution < 1.29 is 19.6 Å². The van der Waals surface area contributed by atoms with Crippen molar-refractivity contribution in [1.82, 2.24) is 5.32 Å². The second kappa shape index (κ2) is 7.37. The molecule has 114 valence electrons. The Morgan fingerprint density at radius 1 is 1.43 bits per heavy atom. The molecule has 2 N–H and O–H groups in total. The Balaban J connectivity index is 2.77. The topological polar surface area (TPSA) is 110 Å². The van der Waals surface area contributed by atoms with E-state index in [1.54, 1.807) is 19.9 Å². The number of carboxylic acids is 1. The molecule has 1 aromatic carbocycles. The summed E-state index contributed by atoms with van der Waals surface area (Å²) in [5.41, 5.74) is 0.681. The number of aryl methyl sites for hydroxylation is 1. The van der Waals surface area contributed by atoms with Crippen LogP contribution in [0.25, 0.3) is 0 Å². The Morgan fingerprint density at radius 3 is 2.62 bits per heavy atom. The van der Waals surface area contributed by atoms with Crippen LogP contribution in [0.2, 0.25) is 0 Å². The van der Waals surface area contributed by atoms with Gasteiger partial charge in [-0.1, -0.05) is 19.9 Å². The highest BCUT2D eigenvalue weighted by atomic mass is 16.6. The molecule has 0 saturated heterocycles. The van der Waals surface area contributed by atoms with E-state index in [4.69, 9.17) is 5.11 Å². The molecule has 1 unspecified atom stereocenters. The number of nitro benzene ring substituents is 1. The van der Waals surface area contributed by atoms with Gasteiger partial charge in [0.1, 0.15) is 0 Å². The van der Waals surface area contributed by atoms with Crippen LogP contribution in [-0.4, -0.2) is 28.5 Å². The van der Waals surface area contributed by atoms with Crippen LogP contribution in [0.5, 0.6) is 0 Å². The van der Waals surface area contributed by atoms with E-state index >= 15 is 0 Å². The summed E-state index contributed by atoms with van der Waals surface area (Å²) < 4.78 is 0. The summed E-state index contributed by atoms with van der Waals surface area (Å²) in [6, 6.07) is 4.34. The SMILES string of the molecule is CCc1ccc(C(=O)NCC(C)CC(=O)O)cc1[N+](=O)[O-]. The van der Waals surface area contributed by atoms with Crippen LogP contribution in [0, 0.1) is 16.0 Å². The average molecular weight is 294 g/mol. The van der Waals surface area contributed by atoms with Gasteiger partial charge in [0.2, 0.25) is 0 Å². The van der Waals surface area contributed by atoms with Crippen molar-refractivity contribution in [3.8, 4) is 0 Å². The first-order valence-corrected chi connectivity index (χ1v) is 6.62. The van der Waals surface area contributed by atoms with Gasteiger partial charge < -0.3 is 10.4 Å². The van der Waals surface area contributed by atoms with Crippen molar-refractivity contribution in [3.63, 3.8) is 0 Å². The minimum Gasteiger partial charge on any atom is -0.481 e. The van der Waals surface area contributed by atoms with E-state index in [9.17, 15) is 19.7 Å². The number of aliphatic carboxylic acids is 1. The van der Waals surface area contributed by atoms with E-state index in [1.807, 2.05) is 0 Å². The van der Waals surface area contributed by atoms with E-state index in [1.165, 1.54) is 12.1 Å². The van der Waals surface area contributed by atoms with Gasteiger partial charge in [-0.25, -0.2) is 0 Å². The highest BCUT2D eigenvalue weighted by Crippen LogP contribution is 2.20. The minimum atomic E-state index is -0.931. The highest BCUT2D eigenvalue weighted by molar-refractivity contribution is 5.95. The molecule has 0 aliphatic carbocycles. The fourth-order valence-corrected chi connectivity index (χ4v) is 1.91. The fourth-order valence-electron chi connectivity index (χ4n) is 1.91. The van der Waals surface area contributed by atoms with Crippen LogP contribution < -0.4 is 5.32 Å². The van der Waals surface area contributed by atoms with Crippen LogP contribution in [0.3, 0.4) is 0 Å². The summed E-state index contributed by atoms with van der Waals surface area (Å²) in [5.74, 6) is -1.59. The number of nitrogens with one attached hydrogen (secondary N) is 1. The quantitative estimate of drug-likeness (QED) is 0.590. The molecular formula is C14H18N2O5. The van der Waals surface area contributed by atoms with E-state index in [-0.39, 0.29) is 30.1 Å². The number of benzene rings is 1. The summed E-state index contributed by atoms with van der Waals surface area (Å²) >= 11 is 0. The first kappa shape index (κ1) is 16.6. The van der Waals surface area contributed by atoms with Crippen molar-refractivity contribution in [2.24, 2.45) is 5.92 Å². The largest absolute Gasteiger partial charge is 0.481 e. The van der Waals surface area contributed by atoms with Crippen molar-refractivity contribution in [2.45, 2.75) is 26.7 Å².